The Balaban J connectivity index is 2.25. The van der Waals surface area contributed by atoms with Gasteiger partial charge in [-0.05, 0) is 31.0 Å². The van der Waals surface area contributed by atoms with E-state index in [0.29, 0.717) is 12.2 Å². The lowest BCUT2D eigenvalue weighted by atomic mass is 10.1. The largest absolute Gasteiger partial charge is 0.311 e. The molecule has 1 aliphatic heterocycles. The number of fused-ring (bicyclic) bond motifs is 1. The molecule has 3 nitrogen and oxygen atoms in total. The zero-order valence-electron chi connectivity index (χ0n) is 9.00. The van der Waals surface area contributed by atoms with Gasteiger partial charge in [-0.25, -0.2) is 4.39 Å². The molecule has 0 bridgehead atoms. The third-order valence-corrected chi connectivity index (χ3v) is 2.64. The van der Waals surface area contributed by atoms with Gasteiger partial charge in [-0.1, -0.05) is 6.07 Å². The minimum absolute atomic E-state index is 0.115. The van der Waals surface area contributed by atoms with Crippen LogP contribution in [0.3, 0.4) is 0 Å². The molecule has 16 heavy (non-hydrogen) atoms. The number of carbonyl (C=O) groups excluding carboxylic acids is 2. The van der Waals surface area contributed by atoms with Crippen molar-refractivity contribution in [1.82, 2.24) is 0 Å². The van der Waals surface area contributed by atoms with Gasteiger partial charge in [-0.15, -0.1) is 0 Å². The van der Waals surface area contributed by atoms with Crippen LogP contribution in [0.5, 0.6) is 0 Å². The molecular weight excluding hydrogens is 209 g/mol. The van der Waals surface area contributed by atoms with Gasteiger partial charge in [0.25, 0.3) is 0 Å². The second kappa shape index (κ2) is 4.04. The molecule has 0 unspecified atom stereocenters. The van der Waals surface area contributed by atoms with E-state index in [0.717, 1.165) is 12.0 Å². The zero-order chi connectivity index (χ0) is 11.7. The van der Waals surface area contributed by atoms with E-state index in [-0.39, 0.29) is 23.9 Å². The lowest BCUT2D eigenvalue weighted by molar-refractivity contribution is -0.125. The summed E-state index contributed by atoms with van der Waals surface area (Å²) in [7, 11) is 0. The third-order valence-electron chi connectivity index (χ3n) is 2.64. The van der Waals surface area contributed by atoms with E-state index in [4.69, 9.17) is 0 Å². The predicted molar refractivity (Wildman–Crippen MR) is 57.8 cm³/mol. The maximum absolute atomic E-state index is 13.1. The molecule has 0 aromatic heterocycles. The normalized spacial score (nSPS) is 13.8. The summed E-state index contributed by atoms with van der Waals surface area (Å²) in [6.45, 7) is 1.91. The first kappa shape index (κ1) is 10.8. The van der Waals surface area contributed by atoms with Gasteiger partial charge >= 0.3 is 0 Å². The zero-order valence-corrected chi connectivity index (χ0v) is 9.00. The number of ketones is 1. The average molecular weight is 221 g/mol. The molecule has 2 rings (SSSR count). The SMILES string of the molecule is CC(=O)CC(=O)N1CCc2ccc(F)cc21. The summed E-state index contributed by atoms with van der Waals surface area (Å²) >= 11 is 0. The second-order valence-corrected chi connectivity index (χ2v) is 3.95. The number of anilines is 1. The van der Waals surface area contributed by atoms with Crippen LogP contribution in [0.2, 0.25) is 0 Å². The van der Waals surface area contributed by atoms with Crippen molar-refractivity contribution in [3.8, 4) is 0 Å². The molecule has 1 aliphatic rings. The number of carbonyl (C=O) groups is 2. The van der Waals surface area contributed by atoms with Crippen molar-refractivity contribution >= 4 is 17.4 Å². The van der Waals surface area contributed by atoms with Crippen LogP contribution in [0.4, 0.5) is 10.1 Å². The monoisotopic (exact) mass is 221 g/mol. The molecule has 1 aromatic carbocycles. The van der Waals surface area contributed by atoms with Crippen LogP contribution in [0.15, 0.2) is 18.2 Å². The van der Waals surface area contributed by atoms with E-state index in [1.165, 1.54) is 24.0 Å². The van der Waals surface area contributed by atoms with Gasteiger partial charge < -0.3 is 4.90 Å². The number of hydrogen-bond donors (Lipinski definition) is 0. The fourth-order valence-electron chi connectivity index (χ4n) is 1.92. The molecule has 1 amide bonds. The molecule has 0 atom stereocenters. The van der Waals surface area contributed by atoms with Gasteiger partial charge in [0.15, 0.2) is 0 Å². The summed E-state index contributed by atoms with van der Waals surface area (Å²) in [5.41, 5.74) is 1.56. The number of Topliss-reactive ketones (excluding diaryl/α,β-unsaturated/α-hetero) is 1. The molecule has 1 aromatic rings. The molecule has 84 valence electrons. The van der Waals surface area contributed by atoms with Crippen LogP contribution in [0.25, 0.3) is 0 Å². The minimum atomic E-state index is -0.360. The van der Waals surface area contributed by atoms with E-state index in [1.54, 1.807) is 6.07 Å². The van der Waals surface area contributed by atoms with Crippen LogP contribution < -0.4 is 4.90 Å². The molecule has 4 heteroatoms. The van der Waals surface area contributed by atoms with Crippen LogP contribution in [-0.4, -0.2) is 18.2 Å². The topological polar surface area (TPSA) is 37.4 Å². The Hall–Kier alpha value is -1.71. The highest BCUT2D eigenvalue weighted by atomic mass is 19.1. The van der Waals surface area contributed by atoms with E-state index in [2.05, 4.69) is 0 Å². The summed E-state index contributed by atoms with van der Waals surface area (Å²) in [6.07, 6.45) is 0.606. The first-order valence-electron chi connectivity index (χ1n) is 5.16. The van der Waals surface area contributed by atoms with E-state index >= 15 is 0 Å². The summed E-state index contributed by atoms with van der Waals surface area (Å²) in [5.74, 6) is -0.784. The van der Waals surface area contributed by atoms with Crippen LogP contribution in [0, 0.1) is 5.82 Å². The molecule has 0 N–H and O–H groups in total. The van der Waals surface area contributed by atoms with Gasteiger partial charge in [0.2, 0.25) is 5.91 Å². The van der Waals surface area contributed by atoms with Crippen molar-refractivity contribution in [3.05, 3.63) is 29.6 Å². The summed E-state index contributed by atoms with van der Waals surface area (Å²) in [5, 5.41) is 0. The lowest BCUT2D eigenvalue weighted by Crippen LogP contribution is -2.30. The minimum Gasteiger partial charge on any atom is -0.311 e. The first-order chi connectivity index (χ1) is 7.58. The summed E-state index contributed by atoms with van der Waals surface area (Å²) in [4.78, 5) is 24.1. The number of nitrogens with zero attached hydrogens (tertiary/aromatic N) is 1. The maximum Gasteiger partial charge on any atom is 0.234 e. The molecular formula is C12H12FNO2. The molecule has 0 saturated heterocycles. The number of hydrogen-bond acceptors (Lipinski definition) is 2. The van der Waals surface area contributed by atoms with Gasteiger partial charge in [-0.2, -0.15) is 0 Å². The van der Waals surface area contributed by atoms with Crippen molar-refractivity contribution in [2.45, 2.75) is 19.8 Å². The second-order valence-electron chi connectivity index (χ2n) is 3.95. The number of benzene rings is 1. The Kier molecular flexibility index (Phi) is 2.73. The summed E-state index contributed by atoms with van der Waals surface area (Å²) in [6, 6.07) is 4.42. The van der Waals surface area contributed by atoms with Gasteiger partial charge in [0, 0.05) is 12.2 Å². The first-order valence-corrected chi connectivity index (χ1v) is 5.16. The number of halogens is 1. The molecule has 0 fully saturated rings. The lowest BCUT2D eigenvalue weighted by Gasteiger charge is -2.16. The third kappa shape index (κ3) is 1.96. The molecule has 0 spiro atoms. The van der Waals surface area contributed by atoms with Crippen molar-refractivity contribution in [2.24, 2.45) is 0 Å². The van der Waals surface area contributed by atoms with E-state index in [9.17, 15) is 14.0 Å². The molecule has 0 saturated carbocycles. The fraction of sp³-hybridized carbons (Fsp3) is 0.333. The van der Waals surface area contributed by atoms with Gasteiger partial charge in [0.05, 0.1) is 6.42 Å². The maximum atomic E-state index is 13.1. The van der Waals surface area contributed by atoms with Crippen molar-refractivity contribution < 1.29 is 14.0 Å². The predicted octanol–water partition coefficient (Wildman–Crippen LogP) is 1.69. The van der Waals surface area contributed by atoms with Gasteiger partial charge in [0.1, 0.15) is 11.6 Å². The van der Waals surface area contributed by atoms with Gasteiger partial charge in [-0.3, -0.25) is 9.59 Å². The highest BCUT2D eigenvalue weighted by Gasteiger charge is 2.25. The smallest absolute Gasteiger partial charge is 0.234 e. The standard InChI is InChI=1S/C12H12FNO2/c1-8(15)6-12(16)14-5-4-9-2-3-10(13)7-11(9)14/h2-3,7H,4-6H2,1H3. The summed E-state index contributed by atoms with van der Waals surface area (Å²) < 4.78 is 13.1. The Morgan fingerprint density at radius 3 is 2.88 bits per heavy atom. The van der Waals surface area contributed by atoms with E-state index in [1.807, 2.05) is 0 Å². The van der Waals surface area contributed by atoms with Crippen LogP contribution in [-0.2, 0) is 16.0 Å². The van der Waals surface area contributed by atoms with Crippen molar-refractivity contribution in [1.29, 1.82) is 0 Å². The van der Waals surface area contributed by atoms with Crippen molar-refractivity contribution in [2.75, 3.05) is 11.4 Å². The molecule has 0 aliphatic carbocycles. The Morgan fingerprint density at radius 2 is 2.19 bits per heavy atom. The van der Waals surface area contributed by atoms with Crippen LogP contribution >= 0.6 is 0 Å². The molecule has 0 radical (unpaired) electrons. The molecule has 1 heterocycles. The highest BCUT2D eigenvalue weighted by molar-refractivity contribution is 6.05. The number of amides is 1. The quantitative estimate of drug-likeness (QED) is 0.713. The van der Waals surface area contributed by atoms with Crippen molar-refractivity contribution in [3.63, 3.8) is 0 Å². The number of rotatable bonds is 2. The Bertz CT molecular complexity index is 456. The fourth-order valence-corrected chi connectivity index (χ4v) is 1.92. The Labute approximate surface area is 92.9 Å². The van der Waals surface area contributed by atoms with E-state index < -0.39 is 0 Å². The Morgan fingerprint density at radius 1 is 1.44 bits per heavy atom. The van der Waals surface area contributed by atoms with Crippen LogP contribution in [0.1, 0.15) is 18.9 Å². The highest BCUT2D eigenvalue weighted by Crippen LogP contribution is 2.29. The average Bonchev–Trinajstić information content (AvgIpc) is 2.59.